The molecule has 1 amide bonds. The molecule has 1 aromatic carbocycles. The fraction of sp³-hybridized carbons (Fsp3) is 0.562. The predicted molar refractivity (Wildman–Crippen MR) is 75.9 cm³/mol. The molecular formula is C16H23NO2. The highest BCUT2D eigenvalue weighted by atomic mass is 16.3. The highest BCUT2D eigenvalue weighted by molar-refractivity contribution is 5.94. The van der Waals surface area contributed by atoms with E-state index in [4.69, 9.17) is 5.73 Å². The summed E-state index contributed by atoms with van der Waals surface area (Å²) in [4.78, 5) is 11.4. The van der Waals surface area contributed by atoms with Crippen LogP contribution in [0.2, 0.25) is 0 Å². The summed E-state index contributed by atoms with van der Waals surface area (Å²) in [6, 6.07) is 7.35. The zero-order valence-electron chi connectivity index (χ0n) is 11.4. The Morgan fingerprint density at radius 3 is 2.32 bits per heavy atom. The molecule has 0 heterocycles. The van der Waals surface area contributed by atoms with Crippen molar-refractivity contribution in [3.63, 3.8) is 0 Å². The summed E-state index contributed by atoms with van der Waals surface area (Å²) in [5, 5.41) is 10.8. The average molecular weight is 261 g/mol. The molecule has 19 heavy (non-hydrogen) atoms. The molecule has 0 bridgehead atoms. The van der Waals surface area contributed by atoms with Crippen molar-refractivity contribution in [3.8, 4) is 0 Å². The van der Waals surface area contributed by atoms with Gasteiger partial charge in [0.2, 0.25) is 5.91 Å². The SMILES string of the molecule is NC(=O)c1ccccc1CC1(O)CCCCCCC1. The molecule has 3 heteroatoms. The molecule has 3 N–H and O–H groups in total. The van der Waals surface area contributed by atoms with Gasteiger partial charge in [0.15, 0.2) is 0 Å². The van der Waals surface area contributed by atoms with Crippen LogP contribution in [0.1, 0.15) is 60.9 Å². The number of carbonyl (C=O) groups is 1. The van der Waals surface area contributed by atoms with Gasteiger partial charge < -0.3 is 10.8 Å². The van der Waals surface area contributed by atoms with E-state index in [1.165, 1.54) is 19.3 Å². The van der Waals surface area contributed by atoms with Crippen molar-refractivity contribution < 1.29 is 9.90 Å². The normalized spacial score (nSPS) is 19.4. The molecule has 2 rings (SSSR count). The summed E-state index contributed by atoms with van der Waals surface area (Å²) in [7, 11) is 0. The highest BCUT2D eigenvalue weighted by Gasteiger charge is 2.28. The summed E-state index contributed by atoms with van der Waals surface area (Å²) in [6.07, 6.45) is 7.96. The van der Waals surface area contributed by atoms with E-state index in [2.05, 4.69) is 0 Å². The van der Waals surface area contributed by atoms with E-state index in [1.807, 2.05) is 18.2 Å². The van der Waals surface area contributed by atoms with Gasteiger partial charge in [0, 0.05) is 12.0 Å². The molecule has 0 unspecified atom stereocenters. The van der Waals surface area contributed by atoms with Crippen LogP contribution >= 0.6 is 0 Å². The number of hydrogen-bond acceptors (Lipinski definition) is 2. The van der Waals surface area contributed by atoms with Gasteiger partial charge >= 0.3 is 0 Å². The second-order valence-corrected chi connectivity index (χ2v) is 5.69. The summed E-state index contributed by atoms with van der Waals surface area (Å²) in [6.45, 7) is 0. The van der Waals surface area contributed by atoms with Crippen LogP contribution in [0.25, 0.3) is 0 Å². The average Bonchev–Trinajstić information content (AvgIpc) is 2.35. The van der Waals surface area contributed by atoms with E-state index in [0.29, 0.717) is 12.0 Å². The number of carbonyl (C=O) groups excluding carboxylic acids is 1. The van der Waals surface area contributed by atoms with Crippen LogP contribution in [0.3, 0.4) is 0 Å². The number of nitrogens with two attached hydrogens (primary N) is 1. The largest absolute Gasteiger partial charge is 0.390 e. The van der Waals surface area contributed by atoms with Gasteiger partial charge in [0.05, 0.1) is 5.60 Å². The Morgan fingerprint density at radius 2 is 1.68 bits per heavy atom. The summed E-state index contributed by atoms with van der Waals surface area (Å²) >= 11 is 0. The lowest BCUT2D eigenvalue weighted by Crippen LogP contribution is -2.33. The molecule has 0 atom stereocenters. The molecule has 104 valence electrons. The fourth-order valence-electron chi connectivity index (χ4n) is 3.01. The zero-order valence-corrected chi connectivity index (χ0v) is 11.4. The van der Waals surface area contributed by atoms with E-state index in [1.54, 1.807) is 6.07 Å². The molecule has 1 aliphatic rings. The smallest absolute Gasteiger partial charge is 0.248 e. The van der Waals surface area contributed by atoms with Gasteiger partial charge in [-0.15, -0.1) is 0 Å². The van der Waals surface area contributed by atoms with Crippen LogP contribution in [0.5, 0.6) is 0 Å². The second kappa shape index (κ2) is 6.20. The van der Waals surface area contributed by atoms with Crippen molar-refractivity contribution >= 4 is 5.91 Å². The van der Waals surface area contributed by atoms with Crippen LogP contribution in [0.4, 0.5) is 0 Å². The number of primary amides is 1. The maximum atomic E-state index is 11.4. The van der Waals surface area contributed by atoms with Gasteiger partial charge in [-0.3, -0.25) is 4.79 Å². The van der Waals surface area contributed by atoms with Gasteiger partial charge in [-0.05, 0) is 24.5 Å². The molecule has 0 aliphatic heterocycles. The van der Waals surface area contributed by atoms with E-state index in [0.717, 1.165) is 31.2 Å². The van der Waals surface area contributed by atoms with Gasteiger partial charge in [-0.1, -0.05) is 50.3 Å². The molecule has 1 fully saturated rings. The zero-order chi connectivity index (χ0) is 13.7. The van der Waals surface area contributed by atoms with Crippen molar-refractivity contribution in [2.24, 2.45) is 5.73 Å². The van der Waals surface area contributed by atoms with E-state index in [-0.39, 0.29) is 0 Å². The molecule has 0 saturated heterocycles. The van der Waals surface area contributed by atoms with E-state index in [9.17, 15) is 9.90 Å². The highest BCUT2D eigenvalue weighted by Crippen LogP contribution is 2.30. The van der Waals surface area contributed by atoms with E-state index < -0.39 is 11.5 Å². The van der Waals surface area contributed by atoms with Gasteiger partial charge in [-0.25, -0.2) is 0 Å². The second-order valence-electron chi connectivity index (χ2n) is 5.69. The first-order valence-corrected chi connectivity index (χ1v) is 7.21. The van der Waals surface area contributed by atoms with Crippen molar-refractivity contribution in [1.29, 1.82) is 0 Å². The monoisotopic (exact) mass is 261 g/mol. The Balaban J connectivity index is 2.16. The standard InChI is InChI=1S/C16H23NO2/c17-15(18)14-9-5-4-8-13(14)12-16(19)10-6-2-1-3-7-11-16/h4-5,8-9,19H,1-3,6-7,10-12H2,(H2,17,18). The van der Waals surface area contributed by atoms with Crippen LogP contribution in [0, 0.1) is 0 Å². The topological polar surface area (TPSA) is 63.3 Å². The first kappa shape index (κ1) is 14.1. The number of rotatable bonds is 3. The molecular weight excluding hydrogens is 238 g/mol. The number of aliphatic hydroxyl groups is 1. The molecule has 0 aromatic heterocycles. The summed E-state index contributed by atoms with van der Waals surface area (Å²) in [5.74, 6) is -0.412. The van der Waals surface area contributed by atoms with Crippen LogP contribution < -0.4 is 5.73 Å². The third-order valence-electron chi connectivity index (χ3n) is 4.09. The molecule has 1 aliphatic carbocycles. The molecule has 0 radical (unpaired) electrons. The minimum atomic E-state index is -0.675. The first-order valence-electron chi connectivity index (χ1n) is 7.21. The maximum absolute atomic E-state index is 11.4. The third-order valence-corrected chi connectivity index (χ3v) is 4.09. The Hall–Kier alpha value is -1.35. The molecule has 0 spiro atoms. The van der Waals surface area contributed by atoms with Gasteiger partial charge in [-0.2, -0.15) is 0 Å². The first-order chi connectivity index (χ1) is 9.11. The lowest BCUT2D eigenvalue weighted by Gasteiger charge is -2.30. The summed E-state index contributed by atoms with van der Waals surface area (Å²) in [5.41, 5.74) is 6.14. The quantitative estimate of drug-likeness (QED) is 0.878. The van der Waals surface area contributed by atoms with Crippen molar-refractivity contribution in [2.45, 2.75) is 57.0 Å². The maximum Gasteiger partial charge on any atom is 0.248 e. The molecule has 1 saturated carbocycles. The van der Waals surface area contributed by atoms with Crippen LogP contribution in [-0.2, 0) is 6.42 Å². The minimum absolute atomic E-state index is 0.412. The predicted octanol–water partition coefficient (Wildman–Crippen LogP) is 2.80. The Morgan fingerprint density at radius 1 is 1.11 bits per heavy atom. The number of hydrogen-bond donors (Lipinski definition) is 2. The fourth-order valence-corrected chi connectivity index (χ4v) is 3.01. The van der Waals surface area contributed by atoms with Crippen LogP contribution in [0.15, 0.2) is 24.3 Å². The summed E-state index contributed by atoms with van der Waals surface area (Å²) < 4.78 is 0. The molecule has 3 nitrogen and oxygen atoms in total. The Bertz CT molecular complexity index is 434. The van der Waals surface area contributed by atoms with Gasteiger partial charge in [0.25, 0.3) is 0 Å². The number of benzene rings is 1. The van der Waals surface area contributed by atoms with E-state index >= 15 is 0 Å². The molecule has 1 aromatic rings. The van der Waals surface area contributed by atoms with Crippen molar-refractivity contribution in [3.05, 3.63) is 35.4 Å². The van der Waals surface area contributed by atoms with Crippen molar-refractivity contribution in [2.75, 3.05) is 0 Å². The van der Waals surface area contributed by atoms with Gasteiger partial charge in [0.1, 0.15) is 0 Å². The van der Waals surface area contributed by atoms with Crippen molar-refractivity contribution in [1.82, 2.24) is 0 Å². The third kappa shape index (κ3) is 3.80. The lowest BCUT2D eigenvalue weighted by atomic mass is 9.81. The Kier molecular flexibility index (Phi) is 4.59. The lowest BCUT2D eigenvalue weighted by molar-refractivity contribution is 0.0143. The Labute approximate surface area is 114 Å². The van der Waals surface area contributed by atoms with Crippen LogP contribution in [-0.4, -0.2) is 16.6 Å². The number of amides is 1. The minimum Gasteiger partial charge on any atom is -0.390 e.